The minimum atomic E-state index is -0.868. The molecule has 1 fully saturated rings. The van der Waals surface area contributed by atoms with Gasteiger partial charge in [-0.05, 0) is 46.0 Å². The molecule has 1 saturated heterocycles. The third kappa shape index (κ3) is 13.7. The lowest BCUT2D eigenvalue weighted by atomic mass is 9.92. The van der Waals surface area contributed by atoms with Gasteiger partial charge in [-0.1, -0.05) is 27.7 Å². The third-order valence-electron chi connectivity index (χ3n) is 5.90. The molecular formula is C27H48N4O7. The van der Waals surface area contributed by atoms with E-state index >= 15 is 0 Å². The molecule has 1 rings (SSSR count). The van der Waals surface area contributed by atoms with Crippen molar-refractivity contribution in [2.75, 3.05) is 32.8 Å². The standard InChI is InChI=1S/C27H48N4O7/c1-19-16-22(34)31(23(19)35)15-10-20(32)28-12-9-11-26(5,6)37-18-27(7,8)38-24(36)30-14-13-29-21(33)17-25(2,3)4/h19H,9-18H2,1-8H3,(H,28,32)(H,29,33)(H,30,36). The average Bonchev–Trinajstić information content (AvgIpc) is 3.01. The molecular weight excluding hydrogens is 492 g/mol. The van der Waals surface area contributed by atoms with Crippen LogP contribution in [-0.2, 0) is 28.7 Å². The first kappa shape index (κ1) is 33.3. The molecule has 1 aliphatic heterocycles. The summed E-state index contributed by atoms with van der Waals surface area (Å²) < 4.78 is 11.5. The number of carbonyl (C=O) groups excluding carboxylic acids is 5. The first-order valence-corrected chi connectivity index (χ1v) is 13.4. The summed E-state index contributed by atoms with van der Waals surface area (Å²) in [4.78, 5) is 61.0. The van der Waals surface area contributed by atoms with Gasteiger partial charge < -0.3 is 25.4 Å². The van der Waals surface area contributed by atoms with Crippen LogP contribution in [0.15, 0.2) is 0 Å². The molecule has 0 aliphatic carbocycles. The highest BCUT2D eigenvalue weighted by Gasteiger charge is 2.35. The van der Waals surface area contributed by atoms with Gasteiger partial charge in [-0.15, -0.1) is 0 Å². The number of carbonyl (C=O) groups is 5. The Morgan fingerprint density at radius 1 is 0.895 bits per heavy atom. The fourth-order valence-corrected chi connectivity index (χ4v) is 3.80. The molecule has 11 heteroatoms. The van der Waals surface area contributed by atoms with Crippen LogP contribution < -0.4 is 16.0 Å². The molecule has 38 heavy (non-hydrogen) atoms. The van der Waals surface area contributed by atoms with Crippen LogP contribution in [0.25, 0.3) is 0 Å². The van der Waals surface area contributed by atoms with Crippen LogP contribution in [0.2, 0.25) is 0 Å². The molecule has 0 bridgehead atoms. The van der Waals surface area contributed by atoms with Crippen LogP contribution in [0.1, 0.15) is 87.5 Å². The maximum atomic E-state index is 12.1. The van der Waals surface area contributed by atoms with Crippen LogP contribution in [-0.4, -0.2) is 78.6 Å². The van der Waals surface area contributed by atoms with Crippen molar-refractivity contribution < 1.29 is 33.4 Å². The van der Waals surface area contributed by atoms with Gasteiger partial charge in [0.2, 0.25) is 23.6 Å². The number of likely N-dealkylation sites (tertiary alicyclic amines) is 1. The number of nitrogens with one attached hydrogen (secondary N) is 3. The molecule has 1 aliphatic rings. The zero-order chi connectivity index (χ0) is 29.1. The first-order chi connectivity index (χ1) is 17.4. The third-order valence-corrected chi connectivity index (χ3v) is 5.90. The Morgan fingerprint density at radius 3 is 2.08 bits per heavy atom. The minimum Gasteiger partial charge on any atom is -0.441 e. The number of imide groups is 1. The summed E-state index contributed by atoms with van der Waals surface area (Å²) in [5.74, 6) is -1.02. The van der Waals surface area contributed by atoms with E-state index in [9.17, 15) is 24.0 Å². The van der Waals surface area contributed by atoms with Gasteiger partial charge in [-0.3, -0.25) is 24.1 Å². The van der Waals surface area contributed by atoms with E-state index < -0.39 is 17.3 Å². The van der Waals surface area contributed by atoms with E-state index in [1.165, 1.54) is 0 Å². The summed E-state index contributed by atoms with van der Waals surface area (Å²) in [5, 5.41) is 8.21. The van der Waals surface area contributed by atoms with Gasteiger partial charge in [0.05, 0.1) is 12.2 Å². The first-order valence-electron chi connectivity index (χ1n) is 13.4. The zero-order valence-electron chi connectivity index (χ0n) is 24.5. The number of alkyl carbamates (subject to hydrolysis) is 1. The minimum absolute atomic E-state index is 0.0621. The molecule has 0 aromatic rings. The second kappa shape index (κ2) is 14.5. The summed E-state index contributed by atoms with van der Waals surface area (Å²) in [6.45, 7) is 16.3. The van der Waals surface area contributed by atoms with Gasteiger partial charge in [0.25, 0.3) is 0 Å². The number of amides is 5. The second-order valence-electron chi connectivity index (χ2n) is 12.4. The number of ether oxygens (including phenoxy) is 2. The Kier molecular flexibility index (Phi) is 12.7. The highest BCUT2D eigenvalue weighted by atomic mass is 16.6. The van der Waals surface area contributed by atoms with Gasteiger partial charge in [-0.25, -0.2) is 4.79 Å². The normalized spacial score (nSPS) is 16.4. The lowest BCUT2D eigenvalue weighted by Gasteiger charge is -2.32. The summed E-state index contributed by atoms with van der Waals surface area (Å²) >= 11 is 0. The summed E-state index contributed by atoms with van der Waals surface area (Å²) in [6, 6.07) is 0. The van der Waals surface area contributed by atoms with Crippen LogP contribution >= 0.6 is 0 Å². The van der Waals surface area contributed by atoms with E-state index in [1.807, 2.05) is 34.6 Å². The number of nitrogens with zero attached hydrogens (tertiary/aromatic N) is 1. The number of hydrogen-bond donors (Lipinski definition) is 3. The molecule has 3 N–H and O–H groups in total. The quantitative estimate of drug-likeness (QED) is 0.214. The highest BCUT2D eigenvalue weighted by molar-refractivity contribution is 6.03. The fourth-order valence-electron chi connectivity index (χ4n) is 3.80. The molecule has 0 aromatic heterocycles. The van der Waals surface area contributed by atoms with Crippen molar-refractivity contribution in [1.29, 1.82) is 0 Å². The maximum absolute atomic E-state index is 12.1. The van der Waals surface area contributed by atoms with Crippen molar-refractivity contribution in [3.8, 4) is 0 Å². The number of rotatable bonds is 15. The largest absolute Gasteiger partial charge is 0.441 e. The lowest BCUT2D eigenvalue weighted by molar-refractivity contribution is -0.139. The molecule has 5 amide bonds. The Balaban J connectivity index is 2.23. The van der Waals surface area contributed by atoms with E-state index in [4.69, 9.17) is 9.47 Å². The summed E-state index contributed by atoms with van der Waals surface area (Å²) in [5.41, 5.74) is -1.48. The Morgan fingerprint density at radius 2 is 1.50 bits per heavy atom. The molecule has 1 atom stereocenters. The predicted molar refractivity (Wildman–Crippen MR) is 143 cm³/mol. The van der Waals surface area contributed by atoms with Crippen molar-refractivity contribution in [3.05, 3.63) is 0 Å². The molecule has 11 nitrogen and oxygen atoms in total. The highest BCUT2D eigenvalue weighted by Crippen LogP contribution is 2.21. The zero-order valence-corrected chi connectivity index (χ0v) is 24.5. The van der Waals surface area contributed by atoms with Crippen LogP contribution in [0.5, 0.6) is 0 Å². The van der Waals surface area contributed by atoms with Crippen molar-refractivity contribution >= 4 is 29.7 Å². The molecule has 218 valence electrons. The monoisotopic (exact) mass is 540 g/mol. The SMILES string of the molecule is CC1CC(=O)N(CCC(=O)NCCCC(C)(C)OCC(C)(C)OC(=O)NCCNC(=O)CC(C)(C)C)C1=O. The van der Waals surface area contributed by atoms with Gasteiger partial charge in [0.15, 0.2) is 0 Å². The Bertz CT molecular complexity index is 849. The molecule has 1 heterocycles. The topological polar surface area (TPSA) is 143 Å². The smallest absolute Gasteiger partial charge is 0.407 e. The van der Waals surface area contributed by atoms with Crippen molar-refractivity contribution in [3.63, 3.8) is 0 Å². The van der Waals surface area contributed by atoms with Gasteiger partial charge in [0.1, 0.15) is 5.60 Å². The summed E-state index contributed by atoms with van der Waals surface area (Å²) in [6.07, 6.45) is 1.44. The van der Waals surface area contributed by atoms with E-state index in [2.05, 4.69) is 16.0 Å². The van der Waals surface area contributed by atoms with Crippen LogP contribution in [0, 0.1) is 11.3 Å². The lowest BCUT2D eigenvalue weighted by Crippen LogP contribution is -2.42. The Hall–Kier alpha value is -2.69. The molecule has 0 saturated carbocycles. The van der Waals surface area contributed by atoms with E-state index in [0.717, 1.165) is 4.90 Å². The molecule has 0 spiro atoms. The maximum Gasteiger partial charge on any atom is 0.407 e. The molecule has 1 unspecified atom stereocenters. The number of hydrogen-bond acceptors (Lipinski definition) is 7. The van der Waals surface area contributed by atoms with Gasteiger partial charge in [-0.2, -0.15) is 0 Å². The second-order valence-corrected chi connectivity index (χ2v) is 12.4. The fraction of sp³-hybridized carbons (Fsp3) is 0.815. The predicted octanol–water partition coefficient (Wildman–Crippen LogP) is 2.52. The Labute approximate surface area is 227 Å². The average molecular weight is 541 g/mol. The van der Waals surface area contributed by atoms with Crippen LogP contribution in [0.3, 0.4) is 0 Å². The van der Waals surface area contributed by atoms with Gasteiger partial charge >= 0.3 is 6.09 Å². The van der Waals surface area contributed by atoms with Crippen molar-refractivity contribution in [2.24, 2.45) is 11.3 Å². The van der Waals surface area contributed by atoms with Crippen molar-refractivity contribution in [2.45, 2.75) is 98.7 Å². The van der Waals surface area contributed by atoms with Gasteiger partial charge in [0, 0.05) is 51.4 Å². The van der Waals surface area contributed by atoms with E-state index in [-0.39, 0.29) is 67.5 Å². The van der Waals surface area contributed by atoms with E-state index in [0.29, 0.717) is 32.4 Å². The molecule has 0 radical (unpaired) electrons. The molecule has 0 aromatic carbocycles. The van der Waals surface area contributed by atoms with Crippen molar-refractivity contribution in [1.82, 2.24) is 20.9 Å². The van der Waals surface area contributed by atoms with Crippen LogP contribution in [0.4, 0.5) is 4.79 Å². The summed E-state index contributed by atoms with van der Waals surface area (Å²) in [7, 11) is 0. The van der Waals surface area contributed by atoms with E-state index in [1.54, 1.807) is 20.8 Å².